The fraction of sp³-hybridized carbons (Fsp3) is 0.625. The van der Waals surface area contributed by atoms with E-state index in [1.54, 1.807) is 6.92 Å². The molecule has 4 nitrogen and oxygen atoms in total. The summed E-state index contributed by atoms with van der Waals surface area (Å²) >= 11 is 0. The molecule has 1 aliphatic rings. The van der Waals surface area contributed by atoms with Crippen LogP contribution in [0.5, 0.6) is 0 Å². The van der Waals surface area contributed by atoms with Crippen molar-refractivity contribution in [2.24, 2.45) is 0 Å². The highest BCUT2D eigenvalue weighted by atomic mass is 32.2. The zero-order valence-electron chi connectivity index (χ0n) is 13.0. The molecule has 0 saturated carbocycles. The van der Waals surface area contributed by atoms with Gasteiger partial charge in [0.15, 0.2) is 0 Å². The predicted octanol–water partition coefficient (Wildman–Crippen LogP) is 2.16. The van der Waals surface area contributed by atoms with Crippen molar-refractivity contribution >= 4 is 10.0 Å². The molecule has 1 aromatic carbocycles. The van der Waals surface area contributed by atoms with Gasteiger partial charge in [0.05, 0.1) is 5.75 Å². The van der Waals surface area contributed by atoms with Crippen molar-refractivity contribution in [3.63, 3.8) is 0 Å². The van der Waals surface area contributed by atoms with Crippen LogP contribution in [0.15, 0.2) is 18.2 Å². The van der Waals surface area contributed by atoms with Gasteiger partial charge in [-0.25, -0.2) is 13.1 Å². The van der Waals surface area contributed by atoms with E-state index in [2.05, 4.69) is 35.2 Å². The fourth-order valence-electron chi connectivity index (χ4n) is 2.84. The van der Waals surface area contributed by atoms with Crippen molar-refractivity contribution in [1.29, 1.82) is 0 Å². The average Bonchev–Trinajstić information content (AvgIpc) is 2.46. The molecule has 0 aromatic heterocycles. The fourth-order valence-corrected chi connectivity index (χ4v) is 3.81. The van der Waals surface area contributed by atoms with Crippen LogP contribution in [0.3, 0.4) is 0 Å². The first-order valence-electron chi connectivity index (χ1n) is 7.84. The van der Waals surface area contributed by atoms with E-state index in [-0.39, 0.29) is 11.8 Å². The third kappa shape index (κ3) is 4.80. The third-order valence-electron chi connectivity index (χ3n) is 4.06. The van der Waals surface area contributed by atoms with E-state index >= 15 is 0 Å². The minimum Gasteiger partial charge on any atom is -0.309 e. The second kappa shape index (κ2) is 7.38. The van der Waals surface area contributed by atoms with Crippen LogP contribution >= 0.6 is 0 Å². The van der Waals surface area contributed by atoms with E-state index in [9.17, 15) is 8.42 Å². The summed E-state index contributed by atoms with van der Waals surface area (Å²) in [5.41, 5.74) is 4.19. The van der Waals surface area contributed by atoms with Crippen LogP contribution < -0.4 is 10.0 Å². The molecule has 0 fully saturated rings. The number of sulfonamides is 1. The second-order valence-electron chi connectivity index (χ2n) is 5.73. The Hall–Kier alpha value is -0.910. The molecule has 1 aliphatic carbocycles. The quantitative estimate of drug-likeness (QED) is 0.811. The van der Waals surface area contributed by atoms with Gasteiger partial charge in [0, 0.05) is 19.1 Å². The molecule has 0 spiro atoms. The van der Waals surface area contributed by atoms with Gasteiger partial charge in [0.25, 0.3) is 0 Å². The maximum Gasteiger partial charge on any atom is 0.212 e. The Morgan fingerprint density at radius 3 is 2.62 bits per heavy atom. The van der Waals surface area contributed by atoms with Crippen molar-refractivity contribution in [3.05, 3.63) is 34.9 Å². The Morgan fingerprint density at radius 1 is 1.19 bits per heavy atom. The smallest absolute Gasteiger partial charge is 0.212 e. The number of nitrogens with one attached hydrogen (secondary N) is 2. The van der Waals surface area contributed by atoms with Gasteiger partial charge in [-0.15, -0.1) is 0 Å². The highest BCUT2D eigenvalue weighted by molar-refractivity contribution is 7.89. The second-order valence-corrected chi connectivity index (χ2v) is 7.65. The van der Waals surface area contributed by atoms with E-state index in [0.717, 1.165) is 0 Å². The monoisotopic (exact) mass is 310 g/mol. The Bertz CT molecular complexity index is 570. The highest BCUT2D eigenvalue weighted by Crippen LogP contribution is 2.24. The lowest BCUT2D eigenvalue weighted by Crippen LogP contribution is -2.32. The lowest BCUT2D eigenvalue weighted by Gasteiger charge is -2.20. The number of aryl methyl sites for hydroxylation is 2. The van der Waals surface area contributed by atoms with Crippen molar-refractivity contribution in [3.8, 4) is 0 Å². The van der Waals surface area contributed by atoms with E-state index in [0.29, 0.717) is 13.1 Å². The summed E-state index contributed by atoms with van der Waals surface area (Å²) in [7, 11) is -3.14. The summed E-state index contributed by atoms with van der Waals surface area (Å²) in [4.78, 5) is 0. The van der Waals surface area contributed by atoms with Gasteiger partial charge >= 0.3 is 0 Å². The molecular weight excluding hydrogens is 284 g/mol. The summed E-state index contributed by atoms with van der Waals surface area (Å²) in [5.74, 6) is 0.121. The van der Waals surface area contributed by atoms with E-state index in [1.165, 1.54) is 42.4 Å². The number of hydrogen-bond acceptors (Lipinski definition) is 3. The van der Waals surface area contributed by atoms with Gasteiger partial charge in [0.1, 0.15) is 0 Å². The molecule has 2 N–H and O–H groups in total. The van der Waals surface area contributed by atoms with Crippen LogP contribution in [0.25, 0.3) is 0 Å². The normalized spacial score (nSPS) is 16.5. The first-order chi connectivity index (χ1) is 10.0. The first kappa shape index (κ1) is 16.5. The summed E-state index contributed by atoms with van der Waals surface area (Å²) in [6.07, 6.45) is 4.94. The van der Waals surface area contributed by atoms with Gasteiger partial charge in [-0.05, 0) is 49.3 Å². The largest absolute Gasteiger partial charge is 0.309 e. The Labute approximate surface area is 128 Å². The summed E-state index contributed by atoms with van der Waals surface area (Å²) in [5, 5.41) is 3.30. The van der Waals surface area contributed by atoms with Crippen molar-refractivity contribution in [2.75, 3.05) is 18.8 Å². The maximum absolute atomic E-state index is 11.6. The first-order valence-corrected chi connectivity index (χ1v) is 9.49. The number of rotatable bonds is 7. The van der Waals surface area contributed by atoms with Gasteiger partial charge in [-0.2, -0.15) is 0 Å². The van der Waals surface area contributed by atoms with Crippen LogP contribution in [-0.2, 0) is 22.9 Å². The summed E-state index contributed by atoms with van der Waals surface area (Å²) in [6, 6.07) is 6.86. The molecule has 0 aliphatic heterocycles. The number of hydrogen-bond donors (Lipinski definition) is 2. The van der Waals surface area contributed by atoms with Crippen molar-refractivity contribution in [1.82, 2.24) is 10.0 Å². The Kier molecular flexibility index (Phi) is 5.79. The van der Waals surface area contributed by atoms with Crippen LogP contribution in [0.4, 0.5) is 0 Å². The highest BCUT2D eigenvalue weighted by Gasteiger charge is 2.13. The van der Waals surface area contributed by atoms with Gasteiger partial charge in [-0.1, -0.05) is 25.1 Å². The molecule has 0 heterocycles. The van der Waals surface area contributed by atoms with Gasteiger partial charge in [0.2, 0.25) is 10.0 Å². The molecule has 0 bridgehead atoms. The molecule has 0 saturated heterocycles. The molecule has 0 amide bonds. The summed E-state index contributed by atoms with van der Waals surface area (Å²) < 4.78 is 25.7. The number of benzene rings is 1. The van der Waals surface area contributed by atoms with Crippen molar-refractivity contribution in [2.45, 2.75) is 45.6 Å². The lowest BCUT2D eigenvalue weighted by atomic mass is 9.89. The van der Waals surface area contributed by atoms with Gasteiger partial charge < -0.3 is 5.32 Å². The van der Waals surface area contributed by atoms with Crippen molar-refractivity contribution < 1.29 is 8.42 Å². The zero-order valence-corrected chi connectivity index (χ0v) is 13.8. The van der Waals surface area contributed by atoms with Gasteiger partial charge in [-0.3, -0.25) is 0 Å². The van der Waals surface area contributed by atoms with Crippen LogP contribution in [0, 0.1) is 0 Å². The Balaban J connectivity index is 1.90. The predicted molar refractivity (Wildman–Crippen MR) is 87.0 cm³/mol. The minimum atomic E-state index is -3.14. The standard InChI is InChI=1S/C16H26N2O2S/c1-3-18-21(19,20)11-10-17-13(2)15-9-8-14-6-4-5-7-16(14)12-15/h8-9,12-13,17-18H,3-7,10-11H2,1-2H3. The molecule has 5 heteroatoms. The molecule has 0 radical (unpaired) electrons. The SMILES string of the molecule is CCNS(=O)(=O)CCNC(C)c1ccc2c(c1)CCCC2. The van der Waals surface area contributed by atoms with E-state index in [4.69, 9.17) is 0 Å². The molecule has 118 valence electrons. The van der Waals surface area contributed by atoms with E-state index in [1.807, 2.05) is 0 Å². The van der Waals surface area contributed by atoms with E-state index < -0.39 is 10.0 Å². The maximum atomic E-state index is 11.6. The minimum absolute atomic E-state index is 0.121. The topological polar surface area (TPSA) is 58.2 Å². The molecule has 1 aromatic rings. The molecule has 1 unspecified atom stereocenters. The Morgan fingerprint density at radius 2 is 1.90 bits per heavy atom. The number of fused-ring (bicyclic) bond motifs is 1. The van der Waals surface area contributed by atoms with Crippen LogP contribution in [0.1, 0.15) is 49.4 Å². The third-order valence-corrected chi connectivity index (χ3v) is 5.53. The molecule has 1 atom stereocenters. The zero-order chi connectivity index (χ0) is 15.3. The lowest BCUT2D eigenvalue weighted by molar-refractivity contribution is 0.563. The van der Waals surface area contributed by atoms with Crippen LogP contribution in [-0.4, -0.2) is 27.3 Å². The summed E-state index contributed by atoms with van der Waals surface area (Å²) in [6.45, 7) is 4.79. The van der Waals surface area contributed by atoms with Crippen LogP contribution in [0.2, 0.25) is 0 Å². The molecular formula is C16H26N2O2S. The molecule has 2 rings (SSSR count). The molecule has 21 heavy (non-hydrogen) atoms. The average molecular weight is 310 g/mol.